The highest BCUT2D eigenvalue weighted by atomic mass is 13.7. The Hall–Kier alpha value is -1.40. The Balaban J connectivity index is 3.56. The molecule has 0 heteroatoms. The van der Waals surface area contributed by atoms with Crippen molar-refractivity contribution in [1.82, 2.24) is 0 Å². The van der Waals surface area contributed by atoms with Crippen LogP contribution in [0.25, 0.3) is 0 Å². The van der Waals surface area contributed by atoms with Crippen LogP contribution < -0.4 is 0 Å². The summed E-state index contributed by atoms with van der Waals surface area (Å²) in [7, 11) is 0. The SMILES string of the molecule is C=CCCC#CC#CC=CC. The summed E-state index contributed by atoms with van der Waals surface area (Å²) in [5.74, 6) is 11.2. The number of hydrogen-bond acceptors (Lipinski definition) is 0. The molecule has 0 unspecified atom stereocenters. The van der Waals surface area contributed by atoms with E-state index in [0.717, 1.165) is 12.8 Å². The van der Waals surface area contributed by atoms with Crippen LogP contribution >= 0.6 is 0 Å². The Morgan fingerprint density at radius 2 is 2.18 bits per heavy atom. The maximum Gasteiger partial charge on any atom is 0.0133 e. The zero-order chi connectivity index (χ0) is 8.36. The van der Waals surface area contributed by atoms with Gasteiger partial charge in [0.15, 0.2) is 0 Å². The van der Waals surface area contributed by atoms with Crippen molar-refractivity contribution in [2.75, 3.05) is 0 Å². The summed E-state index contributed by atoms with van der Waals surface area (Å²) in [6, 6.07) is 0. The summed E-state index contributed by atoms with van der Waals surface area (Å²) >= 11 is 0. The predicted octanol–water partition coefficient (Wildman–Crippen LogP) is 2.54. The molecule has 0 bridgehead atoms. The van der Waals surface area contributed by atoms with Gasteiger partial charge in [-0.15, -0.1) is 6.58 Å². The Morgan fingerprint density at radius 3 is 2.82 bits per heavy atom. The van der Waals surface area contributed by atoms with Crippen LogP contribution in [-0.2, 0) is 0 Å². The predicted molar refractivity (Wildman–Crippen MR) is 49.8 cm³/mol. The minimum Gasteiger partial charge on any atom is -0.103 e. The highest BCUT2D eigenvalue weighted by Crippen LogP contribution is 1.84. The lowest BCUT2D eigenvalue weighted by molar-refractivity contribution is 1.09. The fraction of sp³-hybridized carbons (Fsp3) is 0.273. The molecule has 0 aromatic carbocycles. The fourth-order valence-electron chi connectivity index (χ4n) is 0.442. The van der Waals surface area contributed by atoms with E-state index in [1.54, 1.807) is 6.08 Å². The lowest BCUT2D eigenvalue weighted by Gasteiger charge is -1.75. The number of allylic oxidation sites excluding steroid dienone is 3. The van der Waals surface area contributed by atoms with Gasteiger partial charge in [0, 0.05) is 6.42 Å². The number of hydrogen-bond donors (Lipinski definition) is 0. The first-order chi connectivity index (χ1) is 5.41. The maximum absolute atomic E-state index is 3.59. The Bertz CT molecular complexity index is 235. The van der Waals surface area contributed by atoms with Gasteiger partial charge in [-0.3, -0.25) is 0 Å². The average molecular weight is 144 g/mol. The van der Waals surface area contributed by atoms with Crippen molar-refractivity contribution in [2.45, 2.75) is 19.8 Å². The minimum atomic E-state index is 0.855. The van der Waals surface area contributed by atoms with Crippen LogP contribution in [0, 0.1) is 23.7 Å². The van der Waals surface area contributed by atoms with Crippen molar-refractivity contribution in [2.24, 2.45) is 0 Å². The third-order valence-electron chi connectivity index (χ3n) is 0.947. The first kappa shape index (κ1) is 9.60. The van der Waals surface area contributed by atoms with E-state index in [1.807, 2.05) is 19.1 Å². The van der Waals surface area contributed by atoms with Gasteiger partial charge in [0.2, 0.25) is 0 Å². The van der Waals surface area contributed by atoms with Crippen molar-refractivity contribution < 1.29 is 0 Å². The van der Waals surface area contributed by atoms with Gasteiger partial charge in [0.1, 0.15) is 0 Å². The van der Waals surface area contributed by atoms with Crippen molar-refractivity contribution in [1.29, 1.82) is 0 Å². The summed E-state index contributed by atoms with van der Waals surface area (Å²) in [5, 5.41) is 0. The maximum atomic E-state index is 3.59. The Kier molecular flexibility index (Phi) is 7.51. The molecule has 0 aromatic heterocycles. The second-order valence-corrected chi connectivity index (χ2v) is 1.90. The second kappa shape index (κ2) is 8.60. The molecule has 0 aliphatic heterocycles. The highest BCUT2D eigenvalue weighted by molar-refractivity contribution is 5.30. The Labute approximate surface area is 69.0 Å². The van der Waals surface area contributed by atoms with Gasteiger partial charge in [-0.2, -0.15) is 0 Å². The van der Waals surface area contributed by atoms with E-state index in [2.05, 4.69) is 30.3 Å². The fourth-order valence-corrected chi connectivity index (χ4v) is 0.442. The molecule has 0 N–H and O–H groups in total. The number of unbranched alkanes of at least 4 members (excludes halogenated alkanes) is 1. The van der Waals surface area contributed by atoms with Crippen molar-refractivity contribution in [3.63, 3.8) is 0 Å². The summed E-state index contributed by atoms with van der Waals surface area (Å²) in [4.78, 5) is 0. The van der Waals surface area contributed by atoms with Crippen LogP contribution in [0.3, 0.4) is 0 Å². The topological polar surface area (TPSA) is 0 Å². The van der Waals surface area contributed by atoms with Gasteiger partial charge in [-0.25, -0.2) is 0 Å². The van der Waals surface area contributed by atoms with Gasteiger partial charge in [-0.05, 0) is 31.3 Å². The standard InChI is InChI=1S/C11H12/c1-3-5-7-9-11-10-8-6-4-2/h3-4,6H,1,5,7H2,2H3. The monoisotopic (exact) mass is 144 g/mol. The van der Waals surface area contributed by atoms with E-state index in [4.69, 9.17) is 0 Å². The molecule has 11 heavy (non-hydrogen) atoms. The van der Waals surface area contributed by atoms with Gasteiger partial charge in [-0.1, -0.05) is 24.0 Å². The molecule has 0 aliphatic carbocycles. The van der Waals surface area contributed by atoms with Crippen LogP contribution in [0.15, 0.2) is 24.8 Å². The molecule has 0 rings (SSSR count). The van der Waals surface area contributed by atoms with E-state index in [-0.39, 0.29) is 0 Å². The van der Waals surface area contributed by atoms with Crippen LogP contribution in [0.1, 0.15) is 19.8 Å². The van der Waals surface area contributed by atoms with Gasteiger partial charge in [0.25, 0.3) is 0 Å². The lowest BCUT2D eigenvalue weighted by Crippen LogP contribution is -1.61. The molecular weight excluding hydrogens is 132 g/mol. The zero-order valence-electron chi connectivity index (χ0n) is 6.85. The molecule has 0 saturated carbocycles. The molecule has 0 amide bonds. The van der Waals surface area contributed by atoms with Crippen molar-refractivity contribution >= 4 is 0 Å². The van der Waals surface area contributed by atoms with Gasteiger partial charge < -0.3 is 0 Å². The summed E-state index contributed by atoms with van der Waals surface area (Å²) < 4.78 is 0. The normalized spacial score (nSPS) is 7.73. The van der Waals surface area contributed by atoms with Crippen LogP contribution in [0.4, 0.5) is 0 Å². The van der Waals surface area contributed by atoms with Crippen LogP contribution in [-0.4, -0.2) is 0 Å². The third kappa shape index (κ3) is 8.60. The summed E-state index contributed by atoms with van der Waals surface area (Å²) in [6.07, 6.45) is 7.32. The zero-order valence-corrected chi connectivity index (χ0v) is 6.85. The van der Waals surface area contributed by atoms with E-state index in [0.29, 0.717) is 0 Å². The average Bonchev–Trinajstić information content (AvgIpc) is 2.03. The third-order valence-corrected chi connectivity index (χ3v) is 0.947. The summed E-state index contributed by atoms with van der Waals surface area (Å²) in [5.41, 5.74) is 0. The van der Waals surface area contributed by atoms with E-state index < -0.39 is 0 Å². The van der Waals surface area contributed by atoms with Crippen molar-refractivity contribution in [3.8, 4) is 23.7 Å². The smallest absolute Gasteiger partial charge is 0.0133 e. The first-order valence-electron chi connectivity index (χ1n) is 3.62. The molecular formula is C11H12. The van der Waals surface area contributed by atoms with E-state index in [9.17, 15) is 0 Å². The molecule has 0 nitrogen and oxygen atoms in total. The second-order valence-electron chi connectivity index (χ2n) is 1.90. The molecule has 0 atom stereocenters. The molecule has 0 aliphatic rings. The molecule has 0 fully saturated rings. The van der Waals surface area contributed by atoms with Crippen LogP contribution in [0.2, 0.25) is 0 Å². The van der Waals surface area contributed by atoms with Crippen molar-refractivity contribution in [3.05, 3.63) is 24.8 Å². The molecule has 0 aromatic rings. The summed E-state index contributed by atoms with van der Waals surface area (Å²) in [6.45, 7) is 5.52. The van der Waals surface area contributed by atoms with Gasteiger partial charge >= 0.3 is 0 Å². The molecule has 0 spiro atoms. The molecule has 0 saturated heterocycles. The number of rotatable bonds is 2. The molecule has 56 valence electrons. The van der Waals surface area contributed by atoms with E-state index >= 15 is 0 Å². The first-order valence-corrected chi connectivity index (χ1v) is 3.62. The highest BCUT2D eigenvalue weighted by Gasteiger charge is 1.69. The van der Waals surface area contributed by atoms with E-state index in [1.165, 1.54) is 0 Å². The molecule has 0 radical (unpaired) electrons. The lowest BCUT2D eigenvalue weighted by atomic mass is 10.3. The quantitative estimate of drug-likeness (QED) is 0.317. The van der Waals surface area contributed by atoms with Crippen LogP contribution in [0.5, 0.6) is 0 Å². The Morgan fingerprint density at radius 1 is 1.36 bits per heavy atom. The molecule has 0 heterocycles. The van der Waals surface area contributed by atoms with Gasteiger partial charge in [0.05, 0.1) is 0 Å². The minimum absolute atomic E-state index is 0.855. The largest absolute Gasteiger partial charge is 0.103 e.